The Bertz CT molecular complexity index is 500. The predicted molar refractivity (Wildman–Crippen MR) is 80.4 cm³/mol. The molecule has 0 radical (unpaired) electrons. The van der Waals surface area contributed by atoms with Crippen molar-refractivity contribution in [3.63, 3.8) is 0 Å². The minimum Gasteiger partial charge on any atom is -0.349 e. The molecule has 1 aromatic heterocycles. The Morgan fingerprint density at radius 1 is 1.00 bits per heavy atom. The summed E-state index contributed by atoms with van der Waals surface area (Å²) >= 11 is 0. The van der Waals surface area contributed by atoms with Gasteiger partial charge in [-0.2, -0.15) is 0 Å². The van der Waals surface area contributed by atoms with Crippen LogP contribution in [0.1, 0.15) is 20.8 Å². The van der Waals surface area contributed by atoms with Crippen molar-refractivity contribution in [2.24, 2.45) is 7.05 Å². The number of fused-ring (bicyclic) bond motifs is 1. The summed E-state index contributed by atoms with van der Waals surface area (Å²) in [6.45, 7) is 7.05. The molecule has 0 aliphatic carbocycles. The normalized spacial score (nSPS) is 13.2. The van der Waals surface area contributed by atoms with Crippen molar-refractivity contribution in [3.05, 3.63) is 30.5 Å². The first-order chi connectivity index (χ1) is 8.18. The summed E-state index contributed by atoms with van der Waals surface area (Å²) in [6.07, 6.45) is 2.37. The van der Waals surface area contributed by atoms with Gasteiger partial charge in [0.25, 0.3) is 0 Å². The highest BCUT2D eigenvalue weighted by atomic mass is 32.3. The van der Waals surface area contributed by atoms with E-state index in [0.29, 0.717) is 0 Å². The minimum atomic E-state index is -0.616. The van der Waals surface area contributed by atoms with Crippen LogP contribution in [0.4, 0.5) is 0 Å². The van der Waals surface area contributed by atoms with Crippen LogP contribution in [0.25, 0.3) is 10.9 Å². The van der Waals surface area contributed by atoms with Gasteiger partial charge in [0.2, 0.25) is 0 Å². The Morgan fingerprint density at radius 2 is 1.59 bits per heavy atom. The second-order valence-electron chi connectivity index (χ2n) is 4.53. The molecule has 0 spiro atoms. The molecule has 2 aromatic rings. The van der Waals surface area contributed by atoms with Crippen molar-refractivity contribution in [1.29, 1.82) is 0 Å². The summed E-state index contributed by atoms with van der Waals surface area (Å²) in [5, 5.41) is 1.47. The van der Waals surface area contributed by atoms with E-state index >= 15 is 0 Å². The van der Waals surface area contributed by atoms with Gasteiger partial charge in [0, 0.05) is 29.0 Å². The number of nitrogens with zero attached hydrogens (tertiary/aromatic N) is 1. The SMILES string of the molecule is CCS(CC)(CC)c1cn(C)c2ccccc12. The molecule has 0 fully saturated rings. The van der Waals surface area contributed by atoms with E-state index in [0.717, 1.165) is 0 Å². The molecule has 0 amide bonds. The van der Waals surface area contributed by atoms with Crippen molar-refractivity contribution in [1.82, 2.24) is 4.57 Å². The van der Waals surface area contributed by atoms with Gasteiger partial charge < -0.3 is 4.57 Å². The summed E-state index contributed by atoms with van der Waals surface area (Å²) in [6, 6.07) is 8.81. The fourth-order valence-electron chi connectivity index (χ4n) is 2.73. The summed E-state index contributed by atoms with van der Waals surface area (Å²) < 4.78 is 2.29. The minimum absolute atomic E-state index is 0.616. The van der Waals surface area contributed by atoms with Crippen molar-refractivity contribution >= 4 is 20.9 Å². The van der Waals surface area contributed by atoms with Crippen molar-refractivity contribution in [2.75, 3.05) is 17.3 Å². The quantitative estimate of drug-likeness (QED) is 0.757. The first-order valence-electron chi connectivity index (χ1n) is 6.49. The number of para-hydroxylation sites is 1. The predicted octanol–water partition coefficient (Wildman–Crippen LogP) is 4.40. The lowest BCUT2D eigenvalue weighted by atomic mass is 10.2. The zero-order valence-corrected chi connectivity index (χ0v) is 12.2. The highest BCUT2D eigenvalue weighted by molar-refractivity contribution is 8.33. The van der Waals surface area contributed by atoms with Crippen LogP contribution in [0, 0.1) is 0 Å². The van der Waals surface area contributed by atoms with Crippen LogP contribution >= 0.6 is 10.0 Å². The van der Waals surface area contributed by atoms with Gasteiger partial charge in [0.05, 0.1) is 0 Å². The molecule has 94 valence electrons. The molecule has 0 saturated carbocycles. The Morgan fingerprint density at radius 3 is 2.18 bits per heavy atom. The van der Waals surface area contributed by atoms with Crippen LogP contribution in [-0.4, -0.2) is 21.8 Å². The first-order valence-corrected chi connectivity index (χ1v) is 8.63. The first kappa shape index (κ1) is 12.6. The molecule has 1 nitrogen and oxygen atoms in total. The van der Waals surface area contributed by atoms with Crippen molar-refractivity contribution in [2.45, 2.75) is 25.7 Å². The standard InChI is InChI=1S/C15H23NS/c1-5-17(6-2,7-3)15-12-16(4)14-11-9-8-10-13(14)15/h8-12H,5-7H2,1-4H3. The second kappa shape index (κ2) is 4.77. The molecule has 0 atom stereocenters. The summed E-state index contributed by atoms with van der Waals surface area (Å²) in [5.74, 6) is 3.90. The van der Waals surface area contributed by atoms with E-state index in [9.17, 15) is 0 Å². The lowest BCUT2D eigenvalue weighted by Crippen LogP contribution is -2.09. The molecule has 0 N–H and O–H groups in total. The molecule has 2 rings (SSSR count). The van der Waals surface area contributed by atoms with Gasteiger partial charge in [0.1, 0.15) is 0 Å². The number of hydrogen-bond donors (Lipinski definition) is 0. The summed E-state index contributed by atoms with van der Waals surface area (Å²) in [7, 11) is 1.55. The average Bonchev–Trinajstić information content (AvgIpc) is 2.72. The molecule has 2 heteroatoms. The topological polar surface area (TPSA) is 4.93 Å². The third-order valence-corrected chi connectivity index (χ3v) is 8.56. The van der Waals surface area contributed by atoms with Crippen LogP contribution in [0.5, 0.6) is 0 Å². The largest absolute Gasteiger partial charge is 0.349 e. The van der Waals surface area contributed by atoms with Gasteiger partial charge in [-0.3, -0.25) is 0 Å². The van der Waals surface area contributed by atoms with Gasteiger partial charge in [-0.05, 0) is 23.3 Å². The van der Waals surface area contributed by atoms with E-state index in [1.54, 1.807) is 4.90 Å². The Labute approximate surface area is 106 Å². The van der Waals surface area contributed by atoms with Gasteiger partial charge >= 0.3 is 0 Å². The highest BCUT2D eigenvalue weighted by Gasteiger charge is 2.24. The Kier molecular flexibility index (Phi) is 3.53. The molecule has 1 aromatic carbocycles. The van der Waals surface area contributed by atoms with E-state index in [2.05, 4.69) is 62.8 Å². The van der Waals surface area contributed by atoms with E-state index in [4.69, 9.17) is 0 Å². The fourth-order valence-corrected chi connectivity index (χ4v) is 5.91. The number of aromatic nitrogens is 1. The monoisotopic (exact) mass is 249 g/mol. The maximum Gasteiger partial charge on any atom is 0.0488 e. The zero-order chi connectivity index (χ0) is 12.5. The molecule has 17 heavy (non-hydrogen) atoms. The van der Waals surface area contributed by atoms with Crippen LogP contribution in [-0.2, 0) is 7.05 Å². The van der Waals surface area contributed by atoms with Crippen LogP contribution in [0.15, 0.2) is 35.4 Å². The summed E-state index contributed by atoms with van der Waals surface area (Å²) in [4.78, 5) is 1.61. The fraction of sp³-hybridized carbons (Fsp3) is 0.467. The van der Waals surface area contributed by atoms with Gasteiger partial charge in [0.15, 0.2) is 0 Å². The molecular formula is C15H23NS. The van der Waals surface area contributed by atoms with E-state index < -0.39 is 10.0 Å². The average molecular weight is 249 g/mol. The maximum atomic E-state index is 2.37. The smallest absolute Gasteiger partial charge is 0.0488 e. The summed E-state index contributed by atoms with van der Waals surface area (Å²) in [5.41, 5.74) is 1.37. The molecule has 0 aliphatic rings. The van der Waals surface area contributed by atoms with Crippen LogP contribution in [0.3, 0.4) is 0 Å². The number of aryl methyl sites for hydroxylation is 1. The van der Waals surface area contributed by atoms with Crippen molar-refractivity contribution in [3.8, 4) is 0 Å². The molecule has 0 unspecified atom stereocenters. The molecule has 1 heterocycles. The van der Waals surface area contributed by atoms with E-state index in [1.807, 2.05) is 0 Å². The molecule has 0 saturated heterocycles. The Hall–Kier alpha value is -0.890. The lowest BCUT2D eigenvalue weighted by Gasteiger charge is -2.37. The van der Waals surface area contributed by atoms with Crippen LogP contribution < -0.4 is 0 Å². The lowest BCUT2D eigenvalue weighted by molar-refractivity contribution is 0.956. The molecular weight excluding hydrogens is 226 g/mol. The highest BCUT2D eigenvalue weighted by Crippen LogP contribution is 2.57. The maximum absolute atomic E-state index is 2.37. The Balaban J connectivity index is 2.70. The third kappa shape index (κ3) is 1.89. The molecule has 0 aliphatic heterocycles. The second-order valence-corrected chi connectivity index (χ2v) is 8.80. The number of hydrogen-bond acceptors (Lipinski definition) is 0. The van der Waals surface area contributed by atoms with Crippen LogP contribution in [0.2, 0.25) is 0 Å². The number of rotatable bonds is 4. The number of benzene rings is 1. The van der Waals surface area contributed by atoms with Crippen molar-refractivity contribution < 1.29 is 0 Å². The van der Waals surface area contributed by atoms with E-state index in [-0.39, 0.29) is 0 Å². The zero-order valence-electron chi connectivity index (χ0n) is 11.4. The van der Waals surface area contributed by atoms with Gasteiger partial charge in [-0.1, -0.05) is 39.0 Å². The van der Waals surface area contributed by atoms with E-state index in [1.165, 1.54) is 28.2 Å². The molecule has 0 bridgehead atoms. The third-order valence-electron chi connectivity index (χ3n) is 3.98. The van der Waals surface area contributed by atoms with Gasteiger partial charge in [-0.15, -0.1) is 0 Å². The van der Waals surface area contributed by atoms with Gasteiger partial charge in [-0.25, -0.2) is 10.0 Å².